The Balaban J connectivity index is 0.00000484. The molecule has 1 unspecified atom stereocenters. The lowest BCUT2D eigenvalue weighted by Crippen LogP contribution is -2.38. The molecule has 0 radical (unpaired) electrons. The zero-order chi connectivity index (χ0) is 16.7. The number of carbonyl (C=O) groups excluding carboxylic acids is 2. The fourth-order valence-corrected chi connectivity index (χ4v) is 1.90. The van der Waals surface area contributed by atoms with Crippen molar-refractivity contribution in [3.8, 4) is 0 Å². The summed E-state index contributed by atoms with van der Waals surface area (Å²) in [5, 5.41) is 15.7. The van der Waals surface area contributed by atoms with Gasteiger partial charge in [0.15, 0.2) is 0 Å². The molecule has 0 fully saturated rings. The molecule has 10 heteroatoms. The minimum atomic E-state index is -0.778. The Bertz CT molecular complexity index is 581. The Morgan fingerprint density at radius 2 is 2.04 bits per heavy atom. The molecule has 0 saturated heterocycles. The van der Waals surface area contributed by atoms with E-state index in [2.05, 4.69) is 10.6 Å². The Morgan fingerprint density at radius 3 is 2.61 bits per heavy atom. The molecule has 1 aromatic rings. The van der Waals surface area contributed by atoms with Crippen molar-refractivity contribution in [2.24, 2.45) is 5.73 Å². The van der Waals surface area contributed by atoms with Crippen LogP contribution in [0.4, 0.5) is 5.69 Å². The van der Waals surface area contributed by atoms with Crippen molar-refractivity contribution in [2.75, 3.05) is 13.1 Å². The number of nitro groups is 1. The summed E-state index contributed by atoms with van der Waals surface area (Å²) in [6.45, 7) is 1.89. The topological polar surface area (TPSA) is 127 Å². The lowest BCUT2D eigenvalue weighted by Gasteiger charge is -2.09. The third-order valence-corrected chi connectivity index (χ3v) is 3.06. The van der Waals surface area contributed by atoms with Gasteiger partial charge >= 0.3 is 0 Å². The van der Waals surface area contributed by atoms with Gasteiger partial charge in [0.2, 0.25) is 5.91 Å². The number of benzene rings is 1. The Labute approximate surface area is 144 Å². The number of rotatable bonds is 7. The second kappa shape index (κ2) is 9.98. The Hall–Kier alpha value is -1.90. The van der Waals surface area contributed by atoms with Crippen molar-refractivity contribution in [3.05, 3.63) is 38.9 Å². The highest BCUT2D eigenvalue weighted by molar-refractivity contribution is 6.34. The summed E-state index contributed by atoms with van der Waals surface area (Å²) in [6, 6.07) is 3.87. The first-order valence-corrected chi connectivity index (χ1v) is 6.94. The van der Waals surface area contributed by atoms with Crippen LogP contribution in [0.25, 0.3) is 0 Å². The van der Waals surface area contributed by atoms with Crippen molar-refractivity contribution in [1.29, 1.82) is 0 Å². The van der Waals surface area contributed by atoms with Gasteiger partial charge in [0.25, 0.3) is 11.6 Å². The number of nitrogens with two attached hydrogens (primary N) is 1. The number of amides is 2. The van der Waals surface area contributed by atoms with Crippen molar-refractivity contribution >= 4 is 41.5 Å². The first-order chi connectivity index (χ1) is 10.3. The highest BCUT2D eigenvalue weighted by Gasteiger charge is 2.23. The van der Waals surface area contributed by atoms with Gasteiger partial charge in [-0.05, 0) is 19.4 Å². The average molecular weight is 365 g/mol. The van der Waals surface area contributed by atoms with Crippen LogP contribution in [-0.2, 0) is 4.79 Å². The summed E-state index contributed by atoms with van der Waals surface area (Å²) in [7, 11) is 0. The van der Waals surface area contributed by atoms with Gasteiger partial charge in [-0.3, -0.25) is 19.7 Å². The van der Waals surface area contributed by atoms with Crippen molar-refractivity contribution in [1.82, 2.24) is 10.6 Å². The SMILES string of the molecule is CC(N)CCNC(=O)CNC(=O)c1c(Cl)cccc1[N+](=O)[O-].Cl. The summed E-state index contributed by atoms with van der Waals surface area (Å²) in [4.78, 5) is 33.7. The molecule has 0 spiro atoms. The average Bonchev–Trinajstić information content (AvgIpc) is 2.44. The van der Waals surface area contributed by atoms with Crippen LogP contribution in [0.2, 0.25) is 5.02 Å². The van der Waals surface area contributed by atoms with Crippen LogP contribution in [0.1, 0.15) is 23.7 Å². The van der Waals surface area contributed by atoms with Gasteiger partial charge in [0.05, 0.1) is 16.5 Å². The van der Waals surface area contributed by atoms with Crippen molar-refractivity contribution < 1.29 is 14.5 Å². The van der Waals surface area contributed by atoms with Crippen LogP contribution in [-0.4, -0.2) is 35.9 Å². The van der Waals surface area contributed by atoms with Crippen molar-refractivity contribution in [2.45, 2.75) is 19.4 Å². The molecule has 23 heavy (non-hydrogen) atoms. The van der Waals surface area contributed by atoms with Crippen LogP contribution in [0.5, 0.6) is 0 Å². The third kappa shape index (κ3) is 6.81. The molecule has 0 aliphatic heterocycles. The highest BCUT2D eigenvalue weighted by Crippen LogP contribution is 2.25. The summed E-state index contributed by atoms with van der Waals surface area (Å²) < 4.78 is 0. The predicted molar refractivity (Wildman–Crippen MR) is 89.0 cm³/mol. The van der Waals surface area contributed by atoms with E-state index in [-0.39, 0.29) is 35.6 Å². The minimum absolute atomic E-state index is 0. The third-order valence-electron chi connectivity index (χ3n) is 2.75. The number of hydrogen-bond acceptors (Lipinski definition) is 5. The smallest absolute Gasteiger partial charge is 0.283 e. The van der Waals surface area contributed by atoms with Gasteiger partial charge in [0, 0.05) is 18.7 Å². The monoisotopic (exact) mass is 364 g/mol. The molecule has 0 saturated carbocycles. The van der Waals surface area contributed by atoms with Crippen LogP contribution in [0.15, 0.2) is 18.2 Å². The molecule has 128 valence electrons. The van der Waals surface area contributed by atoms with Gasteiger partial charge in [-0.1, -0.05) is 17.7 Å². The highest BCUT2D eigenvalue weighted by atomic mass is 35.5. The number of nitrogens with zero attached hydrogens (tertiary/aromatic N) is 1. The van der Waals surface area contributed by atoms with Crippen LogP contribution >= 0.6 is 24.0 Å². The molecular weight excluding hydrogens is 347 g/mol. The van der Waals surface area contributed by atoms with E-state index in [9.17, 15) is 19.7 Å². The van der Waals surface area contributed by atoms with Crippen molar-refractivity contribution in [3.63, 3.8) is 0 Å². The van der Waals surface area contributed by atoms with Gasteiger partial charge in [-0.25, -0.2) is 0 Å². The molecule has 0 bridgehead atoms. The Morgan fingerprint density at radius 1 is 1.39 bits per heavy atom. The molecule has 8 nitrogen and oxygen atoms in total. The summed E-state index contributed by atoms with van der Waals surface area (Å²) in [5.41, 5.74) is 4.86. The molecule has 0 heterocycles. The molecule has 1 atom stereocenters. The molecule has 4 N–H and O–H groups in total. The fourth-order valence-electron chi connectivity index (χ4n) is 1.64. The standard InChI is InChI=1S/C13H17ClN4O4.ClH/c1-8(15)5-6-16-11(19)7-17-13(20)12-9(14)3-2-4-10(12)18(21)22;/h2-4,8H,5-7,15H2,1H3,(H,16,19)(H,17,20);1H. The number of carbonyl (C=O) groups is 2. The minimum Gasteiger partial charge on any atom is -0.355 e. The van der Waals surface area contributed by atoms with Gasteiger partial charge in [-0.15, -0.1) is 12.4 Å². The predicted octanol–water partition coefficient (Wildman–Crippen LogP) is 1.25. The molecular formula is C13H18Cl2N4O4. The zero-order valence-electron chi connectivity index (χ0n) is 12.4. The first-order valence-electron chi connectivity index (χ1n) is 6.56. The molecule has 0 aromatic heterocycles. The van der Waals surface area contributed by atoms with E-state index < -0.39 is 22.4 Å². The van der Waals surface area contributed by atoms with E-state index in [1.54, 1.807) is 0 Å². The van der Waals surface area contributed by atoms with Crippen LogP contribution < -0.4 is 16.4 Å². The second-order valence-corrected chi connectivity index (χ2v) is 5.10. The Kier molecular flexibility index (Phi) is 9.16. The molecule has 1 rings (SSSR count). The normalized spacial score (nSPS) is 11.1. The lowest BCUT2D eigenvalue weighted by molar-refractivity contribution is -0.385. The van der Waals surface area contributed by atoms with Gasteiger partial charge in [0.1, 0.15) is 5.56 Å². The summed E-state index contributed by atoms with van der Waals surface area (Å²) in [6.07, 6.45) is 0.607. The summed E-state index contributed by atoms with van der Waals surface area (Å²) in [5.74, 6) is -1.19. The quantitative estimate of drug-likeness (QED) is 0.495. The molecule has 0 aliphatic rings. The van der Waals surface area contributed by atoms with E-state index in [4.69, 9.17) is 17.3 Å². The lowest BCUT2D eigenvalue weighted by atomic mass is 10.1. The largest absolute Gasteiger partial charge is 0.355 e. The van der Waals surface area contributed by atoms with E-state index in [1.165, 1.54) is 18.2 Å². The second-order valence-electron chi connectivity index (χ2n) is 4.69. The number of halogens is 2. The zero-order valence-corrected chi connectivity index (χ0v) is 13.9. The number of hydrogen-bond donors (Lipinski definition) is 3. The van der Waals surface area contributed by atoms with E-state index in [0.717, 1.165) is 0 Å². The van der Waals surface area contributed by atoms with Gasteiger partial charge in [-0.2, -0.15) is 0 Å². The van der Waals surface area contributed by atoms with Crippen LogP contribution in [0, 0.1) is 10.1 Å². The first kappa shape index (κ1) is 21.1. The molecule has 2 amide bonds. The van der Waals surface area contributed by atoms with Crippen LogP contribution in [0.3, 0.4) is 0 Å². The number of nitro benzene ring substituents is 1. The van der Waals surface area contributed by atoms with Gasteiger partial charge < -0.3 is 16.4 Å². The molecule has 0 aliphatic carbocycles. The van der Waals surface area contributed by atoms with E-state index >= 15 is 0 Å². The van der Waals surface area contributed by atoms with E-state index in [0.29, 0.717) is 13.0 Å². The summed E-state index contributed by atoms with van der Waals surface area (Å²) >= 11 is 5.82. The maximum atomic E-state index is 12.0. The van der Waals surface area contributed by atoms with E-state index in [1.807, 2.05) is 6.92 Å². The fraction of sp³-hybridized carbons (Fsp3) is 0.385. The maximum absolute atomic E-state index is 12.0. The molecule has 1 aromatic carbocycles. The number of nitrogens with one attached hydrogen (secondary N) is 2. The maximum Gasteiger partial charge on any atom is 0.283 e.